The first-order valence-corrected chi connectivity index (χ1v) is 40.2. The van der Waals surface area contributed by atoms with Crippen LogP contribution in [-0.2, 0) is 0 Å². The summed E-state index contributed by atoms with van der Waals surface area (Å²) in [5.74, 6) is -6.37. The molecule has 0 rings (SSSR count). The second-order valence-electron chi connectivity index (χ2n) is 32.1. The minimum Gasteiger partial charge on any atom is -0.251 e. The largest absolute Gasteiger partial charge is 0.402 e. The van der Waals surface area contributed by atoms with Gasteiger partial charge >= 0.3 is 37.1 Å². The van der Waals surface area contributed by atoms with Gasteiger partial charge in [0.15, 0.2) is 5.41 Å². The summed E-state index contributed by atoms with van der Waals surface area (Å²) in [5.41, 5.74) is -2.49. The van der Waals surface area contributed by atoms with E-state index in [1.807, 2.05) is 27.7 Å². The Morgan fingerprint density at radius 2 is 0.586 bits per heavy atom. The van der Waals surface area contributed by atoms with Crippen LogP contribution in [0.1, 0.15) is 403 Å². The van der Waals surface area contributed by atoms with Crippen molar-refractivity contribution in [1.29, 1.82) is 0 Å². The maximum atomic E-state index is 12.3. The maximum Gasteiger partial charge on any atom is 0.402 e. The standard InChI is InChI=1S/C7H16.C6H8F6.2C6H11F3.2C6H12F2.C6H13F.2C6H14.2C5H9F3.C5H10F2.C5H11F.2C5H12/c1-5-6-7(2,3)4;1-3-4(2,5(7,8)9)6(10,11)12;2*1-3-4-5(2)6(7,8)9;1-4-6(7,8)5(2)3;1-3-4-5(2)6(7)8;1-3-4-6(2)5-7;1-5-6(2,3)4;1-4-5-6(2)3;2*1-3-4(2)5(6,7)8;1-3-4(2)5(6)7;1-3-5(2)4-6;2*1-4-5(2)3/h5-6H2,1-4H3;3H2,1-2H3;2*5H,3-4H2,1-2H3;5H,4H2,1-3H3;5-6H,3-4H2,1-2H3;6H,3-5H2,1-2H3;5H2,1-4H3;6H,4-5H2,1-3H3;2*4H,3H2,1-2H3;4-5H,3H2,1-2H3;5H,3-4H2,1-2H3;2*5H,4H2,1-3H3/i;;3D2;;;;;;;3D2;;;;;. The highest BCUT2D eigenvalue weighted by atomic mass is 19.4. The van der Waals surface area contributed by atoms with E-state index in [4.69, 9.17) is 5.48 Å². The van der Waals surface area contributed by atoms with Crippen LogP contribution in [0.4, 0.5) is 114 Å². The van der Waals surface area contributed by atoms with Gasteiger partial charge in [0.2, 0.25) is 18.8 Å². The van der Waals surface area contributed by atoms with Gasteiger partial charge in [0.25, 0.3) is 0 Å². The van der Waals surface area contributed by atoms with Crippen LogP contribution in [0.5, 0.6) is 0 Å². The molecule has 0 aliphatic heterocycles. The first-order chi connectivity index (χ1) is 50.7. The third kappa shape index (κ3) is 127. The molecular formula is C85H174F26. The molecule has 0 aromatic carbocycles. The summed E-state index contributed by atoms with van der Waals surface area (Å²) in [6.45, 7) is 67.5. The molecule has 0 saturated heterocycles. The van der Waals surface area contributed by atoms with E-state index in [0.717, 1.165) is 78.1 Å². The zero-order chi connectivity index (χ0) is 96.9. The first kappa shape index (κ1) is 133. The van der Waals surface area contributed by atoms with Crippen molar-refractivity contribution in [3.8, 4) is 0 Å². The molecule has 0 aromatic rings. The monoisotopic (exact) mass is 1690 g/mol. The molecule has 0 N–H and O–H groups in total. The Balaban J connectivity index is -0.0000000721. The van der Waals surface area contributed by atoms with Gasteiger partial charge in [-0.1, -0.05) is 327 Å². The fraction of sp³-hybridized carbons (Fsp3) is 1.00. The highest BCUT2D eigenvalue weighted by Gasteiger charge is 2.66. The normalized spacial score (nSPS) is 14.7. The Morgan fingerprint density at radius 3 is 0.622 bits per heavy atom. The average molecular weight is 1690 g/mol. The van der Waals surface area contributed by atoms with Crippen molar-refractivity contribution in [2.45, 2.75) is 454 Å². The third-order valence-corrected chi connectivity index (χ3v) is 16.5. The van der Waals surface area contributed by atoms with Gasteiger partial charge in [-0.3, -0.25) is 8.78 Å². The topological polar surface area (TPSA) is 0 Å². The minimum atomic E-state index is -5.24. The summed E-state index contributed by atoms with van der Waals surface area (Å²) in [6, 6.07) is 0. The van der Waals surface area contributed by atoms with Gasteiger partial charge in [0.1, 0.15) is 0 Å². The zero-order valence-corrected chi connectivity index (χ0v) is 76.8. The zero-order valence-electron chi connectivity index (χ0n) is 80.8. The van der Waals surface area contributed by atoms with E-state index >= 15 is 0 Å². The lowest BCUT2D eigenvalue weighted by atomic mass is 9.86. The molecule has 0 fully saturated rings. The second-order valence-corrected chi connectivity index (χ2v) is 32.1. The Kier molecular flexibility index (Phi) is 97.8. The molecule has 0 heterocycles. The fourth-order valence-electron chi connectivity index (χ4n) is 5.15. The van der Waals surface area contributed by atoms with Crippen LogP contribution >= 0.6 is 0 Å². The molecule has 0 saturated carbocycles. The third-order valence-electron chi connectivity index (χ3n) is 16.5. The van der Waals surface area contributed by atoms with Crippen molar-refractivity contribution < 1.29 is 120 Å². The summed E-state index contributed by atoms with van der Waals surface area (Å²) in [5, 5.41) is 0. The van der Waals surface area contributed by atoms with Crippen molar-refractivity contribution in [2.24, 2.45) is 87.3 Å². The van der Waals surface area contributed by atoms with Crippen molar-refractivity contribution >= 4 is 0 Å². The number of hydrogen-bond donors (Lipinski definition) is 0. The van der Waals surface area contributed by atoms with Crippen LogP contribution in [-0.4, -0.2) is 69.2 Å². The van der Waals surface area contributed by atoms with E-state index in [0.29, 0.717) is 30.1 Å². The molecule has 0 nitrogen and oxygen atoms in total. The first-order valence-electron chi connectivity index (χ1n) is 42.2. The van der Waals surface area contributed by atoms with Gasteiger partial charge in [0.05, 0.1) is 37.0 Å². The van der Waals surface area contributed by atoms with E-state index in [9.17, 15) is 114 Å². The lowest BCUT2D eigenvalue weighted by Gasteiger charge is -2.32. The molecule has 0 aliphatic carbocycles. The number of rotatable bonds is 24. The Labute approximate surface area is 671 Å². The molecule has 0 aliphatic rings. The molecule has 0 spiro atoms. The average Bonchev–Trinajstić information content (AvgIpc) is 0.779. The molecule has 26 heteroatoms. The van der Waals surface area contributed by atoms with Gasteiger partial charge in [-0.25, -0.2) is 26.3 Å². The Bertz CT molecular complexity index is 1870. The van der Waals surface area contributed by atoms with Crippen molar-refractivity contribution in [1.82, 2.24) is 0 Å². The summed E-state index contributed by atoms with van der Waals surface area (Å²) in [7, 11) is 0. The molecule has 0 bridgehead atoms. The van der Waals surface area contributed by atoms with Crippen LogP contribution in [0.15, 0.2) is 0 Å². The predicted molar refractivity (Wildman–Crippen MR) is 427 cm³/mol. The number of hydrogen-bond acceptors (Lipinski definition) is 0. The van der Waals surface area contributed by atoms with E-state index < -0.39 is 128 Å². The maximum absolute atomic E-state index is 12.3. The second kappa shape index (κ2) is 81.9. The van der Waals surface area contributed by atoms with E-state index in [2.05, 4.69) is 125 Å². The van der Waals surface area contributed by atoms with Crippen LogP contribution in [0.2, 0.25) is 0 Å². The van der Waals surface area contributed by atoms with Gasteiger partial charge < -0.3 is 0 Å². The van der Waals surface area contributed by atoms with Gasteiger partial charge in [0, 0.05) is 29.7 Å². The summed E-state index contributed by atoms with van der Waals surface area (Å²) >= 11 is 0. The smallest absolute Gasteiger partial charge is 0.251 e. The van der Waals surface area contributed by atoms with Gasteiger partial charge in [-0.2, -0.15) is 79.0 Å². The quantitative estimate of drug-likeness (QED) is 0.0845. The van der Waals surface area contributed by atoms with Crippen LogP contribution in [0.3, 0.4) is 0 Å². The predicted octanol–water partition coefficient (Wildman–Crippen LogP) is 38.6. The summed E-state index contributed by atoms with van der Waals surface area (Å²) in [4.78, 5) is 0. The van der Waals surface area contributed by atoms with E-state index in [1.54, 1.807) is 27.7 Å². The SMILES string of the molecule is CCC(C)(C(F)(F)F)C(F)(F)F.CCC(C)(C)C.CCC(C)C.CCC(C)C.CCC(C)C(F)(F)F.CCC(C)C(F)F.CCC(C)CF.CCC(F)(F)C(C)C.CCCC(C)(C)C.CCCC(C)C.CCCC(C)C(F)(F)F.CCCC(C)C(F)F.CCCC(C)CF.[2H]C([2H])(C)C(C)C(F)(F)F.[2H]C([2H])(C)CC(C)C(F)(F)F. The lowest BCUT2D eigenvalue weighted by Crippen LogP contribution is -2.47. The molecule has 0 aromatic heterocycles. The summed E-state index contributed by atoms with van der Waals surface area (Å²) in [6.07, 6.45) is -21.5. The molecule has 8 atom stereocenters. The fourth-order valence-corrected chi connectivity index (χ4v) is 5.15. The Morgan fingerprint density at radius 1 is 0.288 bits per heavy atom. The molecular weight excluding hydrogens is 1510 g/mol. The van der Waals surface area contributed by atoms with Crippen LogP contribution < -0.4 is 0 Å². The van der Waals surface area contributed by atoms with Crippen LogP contribution in [0, 0.1) is 87.3 Å². The Hall–Kier alpha value is -1.82. The van der Waals surface area contributed by atoms with Crippen molar-refractivity contribution in [3.63, 3.8) is 0 Å². The highest BCUT2D eigenvalue weighted by Crippen LogP contribution is 2.52. The molecule has 0 amide bonds. The van der Waals surface area contributed by atoms with Crippen molar-refractivity contribution in [2.75, 3.05) is 13.3 Å². The number of halogens is 26. The molecule has 111 heavy (non-hydrogen) atoms. The molecule has 0 radical (unpaired) electrons. The lowest BCUT2D eigenvalue weighted by molar-refractivity contribution is -0.335. The van der Waals surface area contributed by atoms with Gasteiger partial charge in [-0.15, -0.1) is 0 Å². The summed E-state index contributed by atoms with van der Waals surface area (Å²) < 4.78 is 332. The molecule has 696 valence electrons. The minimum absolute atomic E-state index is 0.0509. The highest BCUT2D eigenvalue weighted by molar-refractivity contribution is 4.87. The van der Waals surface area contributed by atoms with Gasteiger partial charge in [-0.05, 0) is 105 Å². The molecule has 8 unspecified atom stereocenters. The van der Waals surface area contributed by atoms with Crippen molar-refractivity contribution in [3.05, 3.63) is 0 Å². The van der Waals surface area contributed by atoms with Crippen LogP contribution in [0.25, 0.3) is 0 Å². The van der Waals surface area contributed by atoms with E-state index in [-0.39, 0.29) is 51.4 Å². The van der Waals surface area contributed by atoms with E-state index in [1.165, 1.54) is 86.5 Å². The number of alkyl halides is 26.